The number of phenols is 1. The van der Waals surface area contributed by atoms with Gasteiger partial charge in [-0.3, -0.25) is 9.48 Å². The first-order chi connectivity index (χ1) is 9.15. The molecule has 0 saturated carbocycles. The van der Waals surface area contributed by atoms with Crippen LogP contribution in [0.2, 0.25) is 0 Å². The molecule has 1 N–H and O–H groups in total. The molecular weight excluding hydrogens is 242 g/mol. The van der Waals surface area contributed by atoms with Crippen molar-refractivity contribution in [3.05, 3.63) is 47.3 Å². The molecule has 1 aliphatic rings. The molecule has 5 nitrogen and oxygen atoms in total. The van der Waals surface area contributed by atoms with Gasteiger partial charge in [-0.15, -0.1) is 0 Å². The Morgan fingerprint density at radius 1 is 1.32 bits per heavy atom. The minimum atomic E-state index is -0.0195. The molecule has 0 radical (unpaired) electrons. The average Bonchev–Trinajstić information content (AvgIpc) is 2.83. The summed E-state index contributed by atoms with van der Waals surface area (Å²) in [5.41, 5.74) is 2.80. The van der Waals surface area contributed by atoms with E-state index in [4.69, 9.17) is 0 Å². The number of fused-ring (bicyclic) bond motifs is 1. The summed E-state index contributed by atoms with van der Waals surface area (Å²) >= 11 is 0. The highest BCUT2D eigenvalue weighted by Gasteiger charge is 2.23. The molecule has 5 heteroatoms. The number of nitrogens with zero attached hydrogens (tertiary/aromatic N) is 3. The van der Waals surface area contributed by atoms with Gasteiger partial charge >= 0.3 is 0 Å². The molecule has 1 aromatic carbocycles. The van der Waals surface area contributed by atoms with Crippen molar-refractivity contribution >= 4 is 5.91 Å². The zero-order valence-corrected chi connectivity index (χ0v) is 10.7. The van der Waals surface area contributed by atoms with Crippen LogP contribution in [0.1, 0.15) is 21.6 Å². The molecule has 0 unspecified atom stereocenters. The number of rotatable bonds is 1. The predicted octanol–water partition coefficient (Wildman–Crippen LogP) is 1.32. The lowest BCUT2D eigenvalue weighted by Crippen LogP contribution is -2.36. The molecule has 19 heavy (non-hydrogen) atoms. The molecule has 1 aliphatic heterocycles. The van der Waals surface area contributed by atoms with Crippen molar-refractivity contribution in [2.45, 2.75) is 13.0 Å². The smallest absolute Gasteiger partial charge is 0.272 e. The van der Waals surface area contributed by atoms with Crippen LogP contribution in [0.15, 0.2) is 30.5 Å². The summed E-state index contributed by atoms with van der Waals surface area (Å²) < 4.78 is 1.58. The fourth-order valence-corrected chi connectivity index (χ4v) is 2.46. The van der Waals surface area contributed by atoms with Crippen LogP contribution >= 0.6 is 0 Å². The molecular formula is C14H15N3O2. The second-order valence-corrected chi connectivity index (χ2v) is 4.77. The van der Waals surface area contributed by atoms with Crippen molar-refractivity contribution in [3.8, 4) is 5.75 Å². The van der Waals surface area contributed by atoms with Crippen LogP contribution < -0.4 is 0 Å². The third-order valence-corrected chi connectivity index (χ3v) is 3.53. The van der Waals surface area contributed by atoms with Crippen LogP contribution in [-0.4, -0.2) is 32.2 Å². The van der Waals surface area contributed by atoms with Crippen molar-refractivity contribution in [2.24, 2.45) is 7.05 Å². The maximum absolute atomic E-state index is 12.4. The summed E-state index contributed by atoms with van der Waals surface area (Å²) in [4.78, 5) is 14.2. The first-order valence-corrected chi connectivity index (χ1v) is 6.23. The number of aryl methyl sites for hydroxylation is 1. The van der Waals surface area contributed by atoms with E-state index in [1.165, 1.54) is 5.56 Å². The summed E-state index contributed by atoms with van der Waals surface area (Å²) in [6, 6.07) is 7.08. The number of benzene rings is 1. The van der Waals surface area contributed by atoms with Crippen LogP contribution in [-0.2, 0) is 20.0 Å². The predicted molar refractivity (Wildman–Crippen MR) is 69.8 cm³/mol. The van der Waals surface area contributed by atoms with E-state index in [9.17, 15) is 9.90 Å². The van der Waals surface area contributed by atoms with E-state index in [0.717, 1.165) is 12.0 Å². The number of amides is 1. The highest BCUT2D eigenvalue weighted by Crippen LogP contribution is 2.24. The summed E-state index contributed by atoms with van der Waals surface area (Å²) in [5, 5.41) is 13.5. The monoisotopic (exact) mass is 257 g/mol. The van der Waals surface area contributed by atoms with E-state index < -0.39 is 0 Å². The van der Waals surface area contributed by atoms with Crippen molar-refractivity contribution in [2.75, 3.05) is 6.54 Å². The van der Waals surface area contributed by atoms with Gasteiger partial charge in [0, 0.05) is 26.3 Å². The van der Waals surface area contributed by atoms with Gasteiger partial charge in [0.1, 0.15) is 11.4 Å². The Bertz CT molecular complexity index is 633. The van der Waals surface area contributed by atoms with Gasteiger partial charge in [-0.25, -0.2) is 0 Å². The molecule has 0 aliphatic carbocycles. The van der Waals surface area contributed by atoms with E-state index in [1.54, 1.807) is 41.0 Å². The number of aromatic nitrogens is 2. The van der Waals surface area contributed by atoms with Crippen molar-refractivity contribution < 1.29 is 9.90 Å². The largest absolute Gasteiger partial charge is 0.508 e. The first kappa shape index (κ1) is 11.8. The number of carbonyl (C=O) groups is 1. The number of phenolic OH excluding ortho intramolecular Hbond substituents is 1. The van der Waals surface area contributed by atoms with Gasteiger partial charge in [0.15, 0.2) is 0 Å². The molecule has 2 aromatic rings. The quantitative estimate of drug-likeness (QED) is 0.838. The number of carbonyl (C=O) groups excluding carboxylic acids is 1. The van der Waals surface area contributed by atoms with E-state index in [0.29, 0.717) is 18.8 Å². The molecule has 1 aromatic heterocycles. The fraction of sp³-hybridized carbons (Fsp3) is 0.286. The summed E-state index contributed by atoms with van der Waals surface area (Å²) in [7, 11) is 1.76. The normalized spacial score (nSPS) is 14.3. The topological polar surface area (TPSA) is 58.4 Å². The standard InChI is InChI=1S/C14H15N3O2/c1-16-13(4-6-15-16)14(19)17-7-5-10-2-3-12(18)8-11(10)9-17/h2-4,6,8,18H,5,7,9H2,1H3. The minimum Gasteiger partial charge on any atom is -0.508 e. The van der Waals surface area contributed by atoms with Gasteiger partial charge in [0.25, 0.3) is 5.91 Å². The molecule has 3 rings (SSSR count). The number of aromatic hydroxyl groups is 1. The van der Waals surface area contributed by atoms with E-state index >= 15 is 0 Å². The van der Waals surface area contributed by atoms with Gasteiger partial charge in [-0.2, -0.15) is 5.10 Å². The molecule has 0 saturated heterocycles. The van der Waals surface area contributed by atoms with Crippen LogP contribution in [0.5, 0.6) is 5.75 Å². The zero-order chi connectivity index (χ0) is 13.4. The fourth-order valence-electron chi connectivity index (χ4n) is 2.46. The summed E-state index contributed by atoms with van der Waals surface area (Å²) in [6.45, 7) is 1.23. The van der Waals surface area contributed by atoms with Crippen LogP contribution in [0, 0.1) is 0 Å². The highest BCUT2D eigenvalue weighted by molar-refractivity contribution is 5.92. The molecule has 0 bridgehead atoms. The second kappa shape index (κ2) is 4.42. The van der Waals surface area contributed by atoms with Crippen molar-refractivity contribution in [1.29, 1.82) is 0 Å². The Kier molecular flexibility index (Phi) is 2.74. The van der Waals surface area contributed by atoms with E-state index in [2.05, 4.69) is 5.10 Å². The SMILES string of the molecule is Cn1nccc1C(=O)N1CCc2ccc(O)cc2C1. The Morgan fingerprint density at radius 3 is 2.89 bits per heavy atom. The molecule has 98 valence electrons. The Balaban J connectivity index is 1.86. The highest BCUT2D eigenvalue weighted by atomic mass is 16.3. The number of hydrogen-bond donors (Lipinski definition) is 1. The van der Waals surface area contributed by atoms with Gasteiger partial charge in [-0.05, 0) is 35.7 Å². The van der Waals surface area contributed by atoms with Gasteiger partial charge < -0.3 is 10.0 Å². The second-order valence-electron chi connectivity index (χ2n) is 4.77. The Labute approximate surface area is 111 Å². The zero-order valence-electron chi connectivity index (χ0n) is 10.7. The van der Waals surface area contributed by atoms with Crippen LogP contribution in [0.25, 0.3) is 0 Å². The molecule has 0 atom stereocenters. The maximum atomic E-state index is 12.4. The Morgan fingerprint density at radius 2 is 2.16 bits per heavy atom. The van der Waals surface area contributed by atoms with E-state index in [1.807, 2.05) is 6.07 Å². The first-order valence-electron chi connectivity index (χ1n) is 6.23. The van der Waals surface area contributed by atoms with Crippen LogP contribution in [0.4, 0.5) is 0 Å². The molecule has 0 spiro atoms. The Hall–Kier alpha value is -2.30. The molecule has 1 amide bonds. The maximum Gasteiger partial charge on any atom is 0.272 e. The van der Waals surface area contributed by atoms with Gasteiger partial charge in [-0.1, -0.05) is 6.07 Å². The van der Waals surface area contributed by atoms with E-state index in [-0.39, 0.29) is 11.7 Å². The lowest BCUT2D eigenvalue weighted by molar-refractivity contribution is 0.0723. The van der Waals surface area contributed by atoms with Crippen molar-refractivity contribution in [3.63, 3.8) is 0 Å². The third-order valence-electron chi connectivity index (χ3n) is 3.53. The van der Waals surface area contributed by atoms with Gasteiger partial charge in [0.2, 0.25) is 0 Å². The average molecular weight is 257 g/mol. The molecule has 0 fully saturated rings. The van der Waals surface area contributed by atoms with Gasteiger partial charge in [0.05, 0.1) is 0 Å². The van der Waals surface area contributed by atoms with Crippen molar-refractivity contribution in [1.82, 2.24) is 14.7 Å². The number of hydrogen-bond acceptors (Lipinski definition) is 3. The lowest BCUT2D eigenvalue weighted by atomic mass is 9.99. The third kappa shape index (κ3) is 2.07. The summed E-state index contributed by atoms with van der Waals surface area (Å²) in [5.74, 6) is 0.225. The van der Waals surface area contributed by atoms with Crippen LogP contribution in [0.3, 0.4) is 0 Å². The molecule has 2 heterocycles. The lowest BCUT2D eigenvalue weighted by Gasteiger charge is -2.28. The minimum absolute atomic E-state index is 0.0195. The summed E-state index contributed by atoms with van der Waals surface area (Å²) in [6.07, 6.45) is 2.44.